The van der Waals surface area contributed by atoms with Gasteiger partial charge in [0.2, 0.25) is 0 Å². The van der Waals surface area contributed by atoms with Crippen LogP contribution in [-0.4, -0.2) is 49.1 Å². The number of para-hydroxylation sites is 2. The van der Waals surface area contributed by atoms with Crippen LogP contribution >= 0.6 is 0 Å². The zero-order valence-corrected chi connectivity index (χ0v) is 20.3. The van der Waals surface area contributed by atoms with Crippen LogP contribution in [0.1, 0.15) is 59.2 Å². The molecule has 1 aliphatic rings. The van der Waals surface area contributed by atoms with Crippen molar-refractivity contribution in [2.45, 2.75) is 44.7 Å². The van der Waals surface area contributed by atoms with E-state index in [9.17, 15) is 4.79 Å². The maximum absolute atomic E-state index is 10.2. The Bertz CT molecular complexity index is 1240. The molecule has 5 rings (SSSR count). The van der Waals surface area contributed by atoms with E-state index < -0.39 is 5.97 Å². The minimum Gasteiger partial charge on any atom is -0.508 e. The van der Waals surface area contributed by atoms with Gasteiger partial charge in [0.1, 0.15) is 11.6 Å². The van der Waals surface area contributed by atoms with Gasteiger partial charge >= 0.3 is 5.97 Å². The Morgan fingerprint density at radius 3 is 2.64 bits per heavy atom. The summed E-state index contributed by atoms with van der Waals surface area (Å²) < 4.78 is 0. The third-order valence-electron chi connectivity index (χ3n) is 6.41. The second-order valence-electron chi connectivity index (χ2n) is 8.97. The molecule has 8 heteroatoms. The van der Waals surface area contributed by atoms with E-state index in [4.69, 9.17) is 25.9 Å². The van der Waals surface area contributed by atoms with E-state index in [0.717, 1.165) is 62.2 Å². The number of nitrogens with zero attached hydrogens (tertiary/aromatic N) is 3. The number of aromatic carboxylic acids is 1. The predicted molar refractivity (Wildman–Crippen MR) is 140 cm³/mol. The average Bonchev–Trinajstić information content (AvgIpc) is 3.31. The van der Waals surface area contributed by atoms with Crippen LogP contribution in [0.15, 0.2) is 66.9 Å². The molecule has 36 heavy (non-hydrogen) atoms. The topological polar surface area (TPSA) is 128 Å². The maximum Gasteiger partial charge on any atom is 0.335 e. The molecule has 0 saturated heterocycles. The molecule has 1 unspecified atom stereocenters. The van der Waals surface area contributed by atoms with Gasteiger partial charge in [-0.2, -0.15) is 0 Å². The SMILES string of the molecule is NCCCCN(Cc1nc2ccccc2[nH]1)C1CCCc2cccnc21.O=C(O)c1ccc(O)cc1. The van der Waals surface area contributed by atoms with Crippen LogP contribution in [0.25, 0.3) is 11.0 Å². The van der Waals surface area contributed by atoms with Crippen LogP contribution < -0.4 is 5.73 Å². The number of imidazole rings is 1. The number of nitrogens with one attached hydrogen (secondary N) is 1. The van der Waals surface area contributed by atoms with Gasteiger partial charge in [-0.15, -0.1) is 0 Å². The molecular weight excluding hydrogens is 454 g/mol. The molecule has 1 atom stereocenters. The minimum absolute atomic E-state index is 0.0741. The first-order valence-electron chi connectivity index (χ1n) is 12.4. The van der Waals surface area contributed by atoms with Crippen molar-refractivity contribution in [2.24, 2.45) is 5.73 Å². The molecular formula is C28H33N5O3. The second-order valence-corrected chi connectivity index (χ2v) is 8.97. The van der Waals surface area contributed by atoms with Gasteiger partial charge in [0.25, 0.3) is 0 Å². The maximum atomic E-state index is 10.2. The number of H-pyrrole nitrogens is 1. The van der Waals surface area contributed by atoms with Gasteiger partial charge in [-0.3, -0.25) is 9.88 Å². The quantitative estimate of drug-likeness (QED) is 0.266. The highest BCUT2D eigenvalue weighted by Crippen LogP contribution is 2.33. The first-order valence-corrected chi connectivity index (χ1v) is 12.4. The van der Waals surface area contributed by atoms with Gasteiger partial charge in [-0.25, -0.2) is 9.78 Å². The van der Waals surface area contributed by atoms with E-state index in [0.29, 0.717) is 6.04 Å². The highest BCUT2D eigenvalue weighted by molar-refractivity contribution is 5.87. The molecule has 188 valence electrons. The number of fused-ring (bicyclic) bond motifs is 2. The van der Waals surface area contributed by atoms with Crippen molar-refractivity contribution in [2.75, 3.05) is 13.1 Å². The summed E-state index contributed by atoms with van der Waals surface area (Å²) in [6, 6.07) is 18.2. The third-order valence-corrected chi connectivity index (χ3v) is 6.41. The summed E-state index contributed by atoms with van der Waals surface area (Å²) in [7, 11) is 0. The number of hydrogen-bond donors (Lipinski definition) is 4. The molecule has 0 saturated carbocycles. The Morgan fingerprint density at radius 2 is 1.89 bits per heavy atom. The molecule has 2 aromatic heterocycles. The normalized spacial score (nSPS) is 14.8. The number of aromatic hydroxyl groups is 1. The van der Waals surface area contributed by atoms with E-state index in [-0.39, 0.29) is 11.3 Å². The fourth-order valence-electron chi connectivity index (χ4n) is 4.62. The summed E-state index contributed by atoms with van der Waals surface area (Å²) in [5.41, 5.74) is 10.7. The number of unbranched alkanes of at least 4 members (excludes halogenated alkanes) is 1. The van der Waals surface area contributed by atoms with Crippen LogP contribution in [0.5, 0.6) is 5.75 Å². The van der Waals surface area contributed by atoms with Crippen LogP contribution in [0, 0.1) is 0 Å². The number of carbonyl (C=O) groups is 1. The molecule has 2 aromatic carbocycles. The van der Waals surface area contributed by atoms with Crippen LogP contribution in [-0.2, 0) is 13.0 Å². The number of phenolic OH excluding ortho intramolecular Hbond substituents is 1. The molecule has 4 aromatic rings. The zero-order valence-electron chi connectivity index (χ0n) is 20.3. The second kappa shape index (κ2) is 12.3. The summed E-state index contributed by atoms with van der Waals surface area (Å²) in [6.45, 7) is 2.59. The van der Waals surface area contributed by atoms with Crippen molar-refractivity contribution in [1.29, 1.82) is 0 Å². The van der Waals surface area contributed by atoms with Gasteiger partial charge in [-0.05, 0) is 93.2 Å². The van der Waals surface area contributed by atoms with Crippen molar-refractivity contribution < 1.29 is 15.0 Å². The number of nitrogens with two attached hydrogens (primary N) is 1. The highest BCUT2D eigenvalue weighted by atomic mass is 16.4. The van der Waals surface area contributed by atoms with Gasteiger partial charge in [-0.1, -0.05) is 18.2 Å². The van der Waals surface area contributed by atoms with E-state index in [1.807, 2.05) is 18.3 Å². The van der Waals surface area contributed by atoms with Gasteiger partial charge in [0.05, 0.1) is 34.9 Å². The Kier molecular flexibility index (Phi) is 8.65. The van der Waals surface area contributed by atoms with E-state index in [1.54, 1.807) is 0 Å². The predicted octanol–water partition coefficient (Wildman–Crippen LogP) is 4.67. The molecule has 0 fully saturated rings. The lowest BCUT2D eigenvalue weighted by atomic mass is 9.90. The molecule has 0 amide bonds. The Labute approximate surface area is 210 Å². The van der Waals surface area contributed by atoms with Crippen LogP contribution in [0.4, 0.5) is 0 Å². The molecule has 0 bridgehead atoms. The number of pyridine rings is 1. The van der Waals surface area contributed by atoms with Crippen LogP contribution in [0.2, 0.25) is 0 Å². The third kappa shape index (κ3) is 6.47. The first kappa shape index (κ1) is 25.3. The number of aryl methyl sites for hydroxylation is 1. The summed E-state index contributed by atoms with van der Waals surface area (Å²) >= 11 is 0. The Morgan fingerprint density at radius 1 is 1.08 bits per heavy atom. The van der Waals surface area contributed by atoms with E-state index >= 15 is 0 Å². The molecule has 5 N–H and O–H groups in total. The standard InChI is InChI=1S/C21H27N5.C7H6O3/c22-12-3-4-14-26(15-20-24-17-9-1-2-10-18(17)25-20)19-11-5-7-16-8-6-13-23-21(16)19;8-6-3-1-5(2-4-6)7(9)10/h1-2,6,8-10,13,19H,3-5,7,11-12,14-15,22H2,(H,24,25);1-4,8H,(H,9,10). The van der Waals surface area contributed by atoms with Gasteiger partial charge < -0.3 is 20.9 Å². The zero-order chi connectivity index (χ0) is 25.3. The molecule has 0 spiro atoms. The Balaban J connectivity index is 0.000000256. The number of aromatic nitrogens is 3. The molecule has 1 aliphatic carbocycles. The lowest BCUT2D eigenvalue weighted by Crippen LogP contribution is -2.33. The molecule has 0 aliphatic heterocycles. The largest absolute Gasteiger partial charge is 0.508 e. The number of carboxylic acid groups (broad SMARTS) is 1. The minimum atomic E-state index is -0.986. The first-order chi connectivity index (χ1) is 17.5. The summed E-state index contributed by atoms with van der Waals surface area (Å²) in [6.07, 6.45) is 7.61. The van der Waals surface area contributed by atoms with Gasteiger partial charge in [0, 0.05) is 6.20 Å². The van der Waals surface area contributed by atoms with Crippen LogP contribution in [0.3, 0.4) is 0 Å². The number of hydrogen-bond acceptors (Lipinski definition) is 6. The average molecular weight is 488 g/mol. The number of benzene rings is 2. The van der Waals surface area contributed by atoms with E-state index in [2.05, 4.69) is 34.1 Å². The van der Waals surface area contributed by atoms with E-state index in [1.165, 1.54) is 41.9 Å². The van der Waals surface area contributed by atoms with Crippen molar-refractivity contribution in [3.63, 3.8) is 0 Å². The van der Waals surface area contributed by atoms with Gasteiger partial charge in [0.15, 0.2) is 0 Å². The summed E-state index contributed by atoms with van der Waals surface area (Å²) in [4.78, 5) is 25.8. The fourth-order valence-corrected chi connectivity index (χ4v) is 4.62. The van der Waals surface area contributed by atoms with Crippen molar-refractivity contribution in [3.8, 4) is 5.75 Å². The monoisotopic (exact) mass is 487 g/mol. The lowest BCUT2D eigenvalue weighted by Gasteiger charge is -2.34. The highest BCUT2D eigenvalue weighted by Gasteiger charge is 2.27. The number of aromatic amines is 1. The summed E-state index contributed by atoms with van der Waals surface area (Å²) in [5, 5.41) is 17.1. The number of rotatable bonds is 8. The Hall–Kier alpha value is -3.75. The molecule has 8 nitrogen and oxygen atoms in total. The van der Waals surface area contributed by atoms with Crippen molar-refractivity contribution >= 4 is 17.0 Å². The number of phenols is 1. The fraction of sp³-hybridized carbons (Fsp3) is 0.321. The van der Waals surface area contributed by atoms with Crippen molar-refractivity contribution in [3.05, 3.63) is 89.5 Å². The molecule has 2 heterocycles. The van der Waals surface area contributed by atoms with Crippen molar-refractivity contribution in [1.82, 2.24) is 19.9 Å². The molecule has 0 radical (unpaired) electrons. The summed E-state index contributed by atoms with van der Waals surface area (Å²) in [5.74, 6) is 0.118. The smallest absolute Gasteiger partial charge is 0.335 e. The number of carboxylic acids is 1. The lowest BCUT2D eigenvalue weighted by molar-refractivity contribution is 0.0697.